The van der Waals surface area contributed by atoms with E-state index in [0.717, 1.165) is 11.1 Å². The Morgan fingerprint density at radius 3 is 2.52 bits per heavy atom. The summed E-state index contributed by atoms with van der Waals surface area (Å²) < 4.78 is 34.7. The van der Waals surface area contributed by atoms with Crippen molar-refractivity contribution in [2.75, 3.05) is 26.2 Å². The number of H-pyrrole nitrogens is 1. The summed E-state index contributed by atoms with van der Waals surface area (Å²) in [5.74, 6) is 0.714. The molecular formula is C21H26N6O4S2. The molecule has 1 amide bonds. The molecule has 1 saturated heterocycles. The van der Waals surface area contributed by atoms with Crippen LogP contribution >= 0.6 is 12.2 Å². The van der Waals surface area contributed by atoms with Crippen molar-refractivity contribution in [3.63, 3.8) is 0 Å². The van der Waals surface area contributed by atoms with Crippen LogP contribution in [0.15, 0.2) is 33.7 Å². The van der Waals surface area contributed by atoms with Gasteiger partial charge >= 0.3 is 0 Å². The molecule has 1 N–H and O–H groups in total. The molecule has 1 aromatic carbocycles. The molecule has 3 aromatic rings. The van der Waals surface area contributed by atoms with E-state index in [4.69, 9.17) is 16.7 Å². The molecule has 12 heteroatoms. The van der Waals surface area contributed by atoms with E-state index >= 15 is 0 Å². The number of nitrogens with one attached hydrogen (secondary N) is 1. The molecule has 0 bridgehead atoms. The van der Waals surface area contributed by atoms with Crippen molar-refractivity contribution in [3.05, 3.63) is 46.1 Å². The van der Waals surface area contributed by atoms with E-state index in [1.54, 1.807) is 23.3 Å². The SMILES string of the molecule is Cc1ccc(-c2n[nH]c(=S)n2CC(=O)N2CCCN(S(=O)(=O)c3c(C)noc3C)CC2)cc1. The van der Waals surface area contributed by atoms with Crippen LogP contribution in [0, 0.1) is 25.5 Å². The number of nitrogens with zero attached hydrogens (tertiary/aromatic N) is 5. The average molecular weight is 491 g/mol. The van der Waals surface area contributed by atoms with Gasteiger partial charge in [-0.1, -0.05) is 35.0 Å². The van der Waals surface area contributed by atoms with E-state index in [2.05, 4.69) is 15.4 Å². The van der Waals surface area contributed by atoms with Crippen molar-refractivity contribution in [1.82, 2.24) is 29.1 Å². The van der Waals surface area contributed by atoms with Gasteiger partial charge < -0.3 is 9.42 Å². The Kier molecular flexibility index (Phi) is 6.50. The fourth-order valence-electron chi connectivity index (χ4n) is 3.98. The maximum Gasteiger partial charge on any atom is 0.248 e. The summed E-state index contributed by atoms with van der Waals surface area (Å²) in [6.45, 7) is 6.46. The lowest BCUT2D eigenvalue weighted by Gasteiger charge is -2.22. The Hall–Kier alpha value is -2.83. The highest BCUT2D eigenvalue weighted by Crippen LogP contribution is 2.24. The smallest absolute Gasteiger partial charge is 0.248 e. The maximum absolute atomic E-state index is 13.1. The molecule has 0 radical (unpaired) electrons. The normalized spacial score (nSPS) is 15.5. The zero-order valence-corrected chi connectivity index (χ0v) is 20.4. The maximum atomic E-state index is 13.1. The number of aromatic nitrogens is 4. The monoisotopic (exact) mass is 490 g/mol. The number of hydrogen-bond acceptors (Lipinski definition) is 7. The van der Waals surface area contributed by atoms with Gasteiger partial charge in [0.25, 0.3) is 0 Å². The van der Waals surface area contributed by atoms with Crippen LogP contribution in [0.25, 0.3) is 11.4 Å². The lowest BCUT2D eigenvalue weighted by molar-refractivity contribution is -0.131. The topological polar surface area (TPSA) is 117 Å². The van der Waals surface area contributed by atoms with Gasteiger partial charge in [0.2, 0.25) is 15.9 Å². The third-order valence-electron chi connectivity index (χ3n) is 5.73. The zero-order chi connectivity index (χ0) is 23.8. The Labute approximate surface area is 197 Å². The predicted molar refractivity (Wildman–Crippen MR) is 124 cm³/mol. The van der Waals surface area contributed by atoms with Gasteiger partial charge in [-0.25, -0.2) is 8.42 Å². The predicted octanol–water partition coefficient (Wildman–Crippen LogP) is 2.44. The second-order valence-electron chi connectivity index (χ2n) is 8.10. The number of aromatic amines is 1. The summed E-state index contributed by atoms with van der Waals surface area (Å²) in [6, 6.07) is 7.82. The molecule has 3 heterocycles. The number of hydrogen-bond donors (Lipinski definition) is 1. The molecule has 10 nitrogen and oxygen atoms in total. The van der Waals surface area contributed by atoms with E-state index in [1.807, 2.05) is 31.2 Å². The lowest BCUT2D eigenvalue weighted by atomic mass is 10.1. The standard InChI is InChI=1S/C21H26N6O4S2/c1-14-5-7-17(8-6-14)20-22-23-21(32)27(20)13-18(28)25-9-4-10-26(12-11-25)33(29,30)19-15(2)24-31-16(19)3/h5-8H,4,9-13H2,1-3H3,(H,23,32). The zero-order valence-electron chi connectivity index (χ0n) is 18.7. The third kappa shape index (κ3) is 4.63. The van der Waals surface area contributed by atoms with Crippen LogP contribution in [0.2, 0.25) is 0 Å². The fraction of sp³-hybridized carbons (Fsp3) is 0.429. The Balaban J connectivity index is 1.49. The quantitative estimate of drug-likeness (QED) is 0.546. The first-order valence-corrected chi connectivity index (χ1v) is 12.5. The minimum atomic E-state index is -3.75. The molecule has 0 spiro atoms. The first-order chi connectivity index (χ1) is 15.7. The number of amides is 1. The minimum Gasteiger partial charge on any atom is -0.360 e. The van der Waals surface area contributed by atoms with Crippen molar-refractivity contribution in [2.45, 2.75) is 38.6 Å². The highest BCUT2D eigenvalue weighted by molar-refractivity contribution is 7.89. The Morgan fingerprint density at radius 2 is 1.85 bits per heavy atom. The number of sulfonamides is 1. The number of carbonyl (C=O) groups excluding carboxylic acids is 1. The lowest BCUT2D eigenvalue weighted by Crippen LogP contribution is -2.39. The molecule has 1 aliphatic rings. The van der Waals surface area contributed by atoms with E-state index in [0.29, 0.717) is 35.8 Å². The molecule has 1 aliphatic heterocycles. The molecular weight excluding hydrogens is 464 g/mol. The van der Waals surface area contributed by atoms with E-state index in [-0.39, 0.29) is 36.2 Å². The van der Waals surface area contributed by atoms with Gasteiger partial charge in [0.1, 0.15) is 17.1 Å². The molecule has 1 fully saturated rings. The van der Waals surface area contributed by atoms with Gasteiger partial charge in [0, 0.05) is 31.7 Å². The van der Waals surface area contributed by atoms with Gasteiger partial charge in [-0.3, -0.25) is 14.5 Å². The van der Waals surface area contributed by atoms with Gasteiger partial charge in [-0.05, 0) is 39.4 Å². The first kappa shape index (κ1) is 23.3. The molecule has 0 aliphatic carbocycles. The van der Waals surface area contributed by atoms with Crippen molar-refractivity contribution in [2.24, 2.45) is 0 Å². The molecule has 0 unspecified atom stereocenters. The number of carbonyl (C=O) groups is 1. The first-order valence-electron chi connectivity index (χ1n) is 10.6. The molecule has 2 aromatic heterocycles. The summed E-state index contributed by atoms with van der Waals surface area (Å²) >= 11 is 5.35. The molecule has 0 atom stereocenters. The van der Waals surface area contributed by atoms with Crippen molar-refractivity contribution >= 4 is 28.1 Å². The highest BCUT2D eigenvalue weighted by Gasteiger charge is 2.33. The highest BCUT2D eigenvalue weighted by atomic mass is 32.2. The van der Waals surface area contributed by atoms with E-state index in [1.165, 1.54) is 4.31 Å². The summed E-state index contributed by atoms with van der Waals surface area (Å²) in [6.07, 6.45) is 0.524. The summed E-state index contributed by atoms with van der Waals surface area (Å²) in [7, 11) is -3.75. The van der Waals surface area contributed by atoms with Gasteiger partial charge in [-0.2, -0.15) is 9.40 Å². The largest absolute Gasteiger partial charge is 0.360 e. The molecule has 4 rings (SSSR count). The van der Waals surface area contributed by atoms with Crippen LogP contribution in [0.3, 0.4) is 0 Å². The van der Waals surface area contributed by atoms with Gasteiger partial charge in [0.15, 0.2) is 16.4 Å². The van der Waals surface area contributed by atoms with Crippen molar-refractivity contribution in [3.8, 4) is 11.4 Å². The number of aryl methyl sites for hydroxylation is 3. The summed E-state index contributed by atoms with van der Waals surface area (Å²) in [5.41, 5.74) is 2.31. The Bertz CT molecular complexity index is 1300. The average Bonchev–Trinajstić information content (AvgIpc) is 3.18. The summed E-state index contributed by atoms with van der Waals surface area (Å²) in [4.78, 5) is 14.9. The van der Waals surface area contributed by atoms with Crippen LogP contribution in [-0.2, 0) is 21.4 Å². The number of benzene rings is 1. The second kappa shape index (κ2) is 9.20. The van der Waals surface area contributed by atoms with Crippen LogP contribution < -0.4 is 0 Å². The van der Waals surface area contributed by atoms with E-state index in [9.17, 15) is 13.2 Å². The summed E-state index contributed by atoms with van der Waals surface area (Å²) in [5, 5.41) is 10.8. The van der Waals surface area contributed by atoms with Crippen molar-refractivity contribution in [1.29, 1.82) is 0 Å². The van der Waals surface area contributed by atoms with Gasteiger partial charge in [-0.15, -0.1) is 0 Å². The van der Waals surface area contributed by atoms with Crippen LogP contribution in [0.5, 0.6) is 0 Å². The third-order valence-corrected chi connectivity index (χ3v) is 8.19. The van der Waals surface area contributed by atoms with E-state index < -0.39 is 10.0 Å². The Morgan fingerprint density at radius 1 is 1.12 bits per heavy atom. The van der Waals surface area contributed by atoms with Gasteiger partial charge in [0.05, 0.1) is 0 Å². The van der Waals surface area contributed by atoms with Crippen molar-refractivity contribution < 1.29 is 17.7 Å². The van der Waals surface area contributed by atoms with Crippen LogP contribution in [0.1, 0.15) is 23.4 Å². The molecule has 33 heavy (non-hydrogen) atoms. The molecule has 0 saturated carbocycles. The molecule has 176 valence electrons. The minimum absolute atomic E-state index is 0.0230. The van der Waals surface area contributed by atoms with Crippen LogP contribution in [0.4, 0.5) is 0 Å². The van der Waals surface area contributed by atoms with Crippen LogP contribution in [-0.4, -0.2) is 69.6 Å². The second-order valence-corrected chi connectivity index (χ2v) is 10.4. The fourth-order valence-corrected chi connectivity index (χ4v) is 5.94. The number of rotatable bonds is 5.